The summed E-state index contributed by atoms with van der Waals surface area (Å²) in [5.41, 5.74) is 2.57. The molecular weight excluding hydrogens is 466 g/mol. The molecule has 2 amide bonds. The number of anilines is 1. The SMILES string of the molecule is CC(=O)N1CCCCCCCN(C2CCOCC2)Cc2cc(C(=O)NCCOc3ccccc3)ccc21. The lowest BCUT2D eigenvalue weighted by Crippen LogP contribution is -2.40. The Hall–Kier alpha value is -2.90. The molecule has 0 aromatic heterocycles. The number of carbonyl (C=O) groups is 2. The third kappa shape index (κ3) is 8.04. The highest BCUT2D eigenvalue weighted by atomic mass is 16.5. The van der Waals surface area contributed by atoms with E-state index in [0.717, 1.165) is 69.0 Å². The molecule has 2 aliphatic heterocycles. The van der Waals surface area contributed by atoms with Gasteiger partial charge in [-0.15, -0.1) is 0 Å². The minimum Gasteiger partial charge on any atom is -0.492 e. The van der Waals surface area contributed by atoms with Crippen molar-refractivity contribution < 1.29 is 19.1 Å². The van der Waals surface area contributed by atoms with Crippen molar-refractivity contribution in [1.82, 2.24) is 10.2 Å². The molecule has 0 atom stereocenters. The molecule has 7 nitrogen and oxygen atoms in total. The van der Waals surface area contributed by atoms with E-state index in [1.54, 1.807) is 6.92 Å². The zero-order chi connectivity index (χ0) is 25.9. The van der Waals surface area contributed by atoms with E-state index in [2.05, 4.69) is 10.2 Å². The molecule has 0 aliphatic carbocycles. The van der Waals surface area contributed by atoms with E-state index in [9.17, 15) is 9.59 Å². The van der Waals surface area contributed by atoms with Gasteiger partial charge in [-0.25, -0.2) is 0 Å². The predicted molar refractivity (Wildman–Crippen MR) is 146 cm³/mol. The number of carbonyl (C=O) groups excluding carboxylic acids is 2. The first-order chi connectivity index (χ1) is 18.1. The van der Waals surface area contributed by atoms with Crippen LogP contribution in [-0.4, -0.2) is 62.2 Å². The number of fused-ring (bicyclic) bond motifs is 1. The number of nitrogens with one attached hydrogen (secondary N) is 1. The summed E-state index contributed by atoms with van der Waals surface area (Å²) < 4.78 is 11.3. The molecule has 0 spiro atoms. The van der Waals surface area contributed by atoms with Crippen molar-refractivity contribution in [2.24, 2.45) is 0 Å². The van der Waals surface area contributed by atoms with E-state index in [-0.39, 0.29) is 11.8 Å². The minimum absolute atomic E-state index is 0.0474. The number of para-hydroxylation sites is 1. The molecule has 4 rings (SSSR count). The highest BCUT2D eigenvalue weighted by Gasteiger charge is 2.25. The molecule has 2 heterocycles. The van der Waals surface area contributed by atoms with Crippen molar-refractivity contribution in [3.63, 3.8) is 0 Å². The number of amides is 2. The molecule has 0 bridgehead atoms. The topological polar surface area (TPSA) is 71.1 Å². The van der Waals surface area contributed by atoms with Gasteiger partial charge in [0.05, 0.1) is 6.54 Å². The lowest BCUT2D eigenvalue weighted by molar-refractivity contribution is -0.116. The second-order valence-corrected chi connectivity index (χ2v) is 10.0. The summed E-state index contributed by atoms with van der Waals surface area (Å²) in [5, 5.41) is 2.98. The first-order valence-corrected chi connectivity index (χ1v) is 13.8. The van der Waals surface area contributed by atoms with E-state index in [1.165, 1.54) is 19.3 Å². The van der Waals surface area contributed by atoms with Crippen LogP contribution in [0.3, 0.4) is 0 Å². The number of hydrogen-bond acceptors (Lipinski definition) is 5. The summed E-state index contributed by atoms with van der Waals surface area (Å²) in [4.78, 5) is 30.2. The average molecular weight is 508 g/mol. The highest BCUT2D eigenvalue weighted by molar-refractivity contribution is 5.97. The van der Waals surface area contributed by atoms with Gasteiger partial charge in [0.15, 0.2) is 0 Å². The predicted octanol–water partition coefficient (Wildman–Crippen LogP) is 4.79. The maximum absolute atomic E-state index is 13.0. The molecule has 0 saturated carbocycles. The van der Waals surface area contributed by atoms with Crippen LogP contribution in [0.2, 0.25) is 0 Å². The third-order valence-electron chi connectivity index (χ3n) is 7.32. The molecule has 1 N–H and O–H groups in total. The van der Waals surface area contributed by atoms with Gasteiger partial charge in [-0.05, 0) is 68.1 Å². The van der Waals surface area contributed by atoms with Crippen LogP contribution in [0.15, 0.2) is 48.5 Å². The summed E-state index contributed by atoms with van der Waals surface area (Å²) in [6, 6.07) is 15.8. The normalized spacial score (nSPS) is 18.2. The average Bonchev–Trinajstić information content (AvgIpc) is 2.92. The smallest absolute Gasteiger partial charge is 0.251 e. The van der Waals surface area contributed by atoms with Gasteiger partial charge in [-0.3, -0.25) is 14.5 Å². The van der Waals surface area contributed by atoms with Crippen LogP contribution in [0.4, 0.5) is 5.69 Å². The largest absolute Gasteiger partial charge is 0.492 e. The Labute approximate surface area is 221 Å². The fourth-order valence-electron chi connectivity index (χ4n) is 5.29. The fraction of sp³-hybridized carbons (Fsp3) is 0.533. The lowest BCUT2D eigenvalue weighted by Gasteiger charge is -2.36. The summed E-state index contributed by atoms with van der Waals surface area (Å²) in [5.74, 6) is 0.706. The quantitative estimate of drug-likeness (QED) is 0.569. The molecule has 200 valence electrons. The molecule has 0 unspecified atom stereocenters. The van der Waals surface area contributed by atoms with Crippen molar-refractivity contribution >= 4 is 17.5 Å². The van der Waals surface area contributed by atoms with Gasteiger partial charge in [0.2, 0.25) is 5.91 Å². The fourth-order valence-corrected chi connectivity index (χ4v) is 5.29. The monoisotopic (exact) mass is 507 g/mol. The van der Waals surface area contributed by atoms with Crippen LogP contribution in [0, 0.1) is 0 Å². The highest BCUT2D eigenvalue weighted by Crippen LogP contribution is 2.28. The van der Waals surface area contributed by atoms with E-state index in [1.807, 2.05) is 53.4 Å². The zero-order valence-electron chi connectivity index (χ0n) is 22.1. The zero-order valence-corrected chi connectivity index (χ0v) is 22.1. The summed E-state index contributed by atoms with van der Waals surface area (Å²) in [6.45, 7) is 6.50. The van der Waals surface area contributed by atoms with Crippen LogP contribution >= 0.6 is 0 Å². The summed E-state index contributed by atoms with van der Waals surface area (Å²) in [7, 11) is 0. The Morgan fingerprint density at radius 1 is 0.973 bits per heavy atom. The summed E-state index contributed by atoms with van der Waals surface area (Å²) >= 11 is 0. The Balaban J connectivity index is 1.52. The number of ether oxygens (including phenoxy) is 2. The standard InChI is InChI=1S/C30H41N3O4/c1-24(34)33-18-9-4-2-3-8-17-32(27-14-19-36-20-15-27)23-26-22-25(12-13-29(26)33)30(35)31-16-21-37-28-10-6-5-7-11-28/h5-7,10-13,22,27H,2-4,8-9,14-21,23H2,1H3,(H,31,35). The maximum Gasteiger partial charge on any atom is 0.251 e. The molecule has 37 heavy (non-hydrogen) atoms. The summed E-state index contributed by atoms with van der Waals surface area (Å²) in [6.07, 6.45) is 7.74. The number of benzene rings is 2. The third-order valence-corrected chi connectivity index (χ3v) is 7.32. The number of rotatable bonds is 6. The van der Waals surface area contributed by atoms with E-state index >= 15 is 0 Å². The van der Waals surface area contributed by atoms with Gasteiger partial charge in [0.1, 0.15) is 12.4 Å². The van der Waals surface area contributed by atoms with E-state index in [4.69, 9.17) is 9.47 Å². The first-order valence-electron chi connectivity index (χ1n) is 13.8. The van der Waals surface area contributed by atoms with Crippen molar-refractivity contribution in [2.45, 2.75) is 64.5 Å². The van der Waals surface area contributed by atoms with Gasteiger partial charge >= 0.3 is 0 Å². The lowest BCUT2D eigenvalue weighted by atomic mass is 10.0. The number of hydrogen-bond donors (Lipinski definition) is 1. The molecule has 2 aromatic carbocycles. The molecule has 7 heteroatoms. The van der Waals surface area contributed by atoms with Gasteiger partial charge in [-0.1, -0.05) is 37.5 Å². The van der Waals surface area contributed by atoms with Gasteiger partial charge in [-0.2, -0.15) is 0 Å². The Bertz CT molecular complexity index is 1010. The molecular formula is C30H41N3O4. The van der Waals surface area contributed by atoms with Gasteiger partial charge < -0.3 is 19.7 Å². The molecule has 0 radical (unpaired) electrons. The van der Waals surface area contributed by atoms with E-state index < -0.39 is 0 Å². The Morgan fingerprint density at radius 3 is 2.46 bits per heavy atom. The second-order valence-electron chi connectivity index (χ2n) is 10.0. The van der Waals surface area contributed by atoms with Crippen LogP contribution in [0.1, 0.15) is 67.8 Å². The Morgan fingerprint density at radius 2 is 1.70 bits per heavy atom. The van der Waals surface area contributed by atoms with Crippen LogP contribution in [0.25, 0.3) is 0 Å². The Kier molecular flexibility index (Phi) is 10.4. The van der Waals surface area contributed by atoms with Crippen LogP contribution in [-0.2, 0) is 16.1 Å². The molecule has 1 fully saturated rings. The number of nitrogens with zero attached hydrogens (tertiary/aromatic N) is 2. The minimum atomic E-state index is -0.127. The molecule has 2 aliphatic rings. The first kappa shape index (κ1) is 27.1. The van der Waals surface area contributed by atoms with Crippen molar-refractivity contribution in [2.75, 3.05) is 44.4 Å². The molecule has 1 saturated heterocycles. The van der Waals surface area contributed by atoms with E-state index in [0.29, 0.717) is 31.3 Å². The maximum atomic E-state index is 13.0. The van der Waals surface area contributed by atoms with Crippen molar-refractivity contribution in [1.29, 1.82) is 0 Å². The van der Waals surface area contributed by atoms with Crippen molar-refractivity contribution in [3.8, 4) is 5.75 Å². The second kappa shape index (κ2) is 14.1. The van der Waals surface area contributed by atoms with Crippen LogP contribution in [0.5, 0.6) is 5.75 Å². The van der Waals surface area contributed by atoms with Gasteiger partial charge in [0, 0.05) is 50.5 Å². The molecule has 2 aromatic rings. The van der Waals surface area contributed by atoms with Gasteiger partial charge in [0.25, 0.3) is 5.91 Å². The van der Waals surface area contributed by atoms with Crippen molar-refractivity contribution in [3.05, 3.63) is 59.7 Å². The van der Waals surface area contributed by atoms with Crippen LogP contribution < -0.4 is 15.0 Å².